The average Bonchev–Trinajstić information content (AvgIpc) is 2.38. The lowest BCUT2D eigenvalue weighted by Gasteiger charge is -2.11. The second-order valence-electron chi connectivity index (χ2n) is 3.73. The normalized spacial score (nSPS) is 10.1. The number of para-hydroxylation sites is 2. The van der Waals surface area contributed by atoms with Gasteiger partial charge in [0.2, 0.25) is 0 Å². The van der Waals surface area contributed by atoms with E-state index >= 15 is 0 Å². The van der Waals surface area contributed by atoms with Gasteiger partial charge >= 0.3 is 0 Å². The molecule has 18 heavy (non-hydrogen) atoms. The van der Waals surface area contributed by atoms with E-state index in [0.29, 0.717) is 13.2 Å². The number of hydrogen-bond acceptors (Lipinski definition) is 3. The Morgan fingerprint density at radius 3 is 2.78 bits per heavy atom. The first-order chi connectivity index (χ1) is 8.79. The zero-order chi connectivity index (χ0) is 12.8. The molecule has 3 nitrogen and oxygen atoms in total. The Kier molecular flexibility index (Phi) is 4.59. The molecule has 1 aromatic heterocycles. The van der Waals surface area contributed by atoms with E-state index in [4.69, 9.17) is 4.74 Å². The molecule has 0 fully saturated rings. The SMILES string of the molecule is CCOc1ccccc1NCc1cccc(Br)n1. The van der Waals surface area contributed by atoms with Crippen LogP contribution in [0.4, 0.5) is 5.69 Å². The van der Waals surface area contributed by atoms with Crippen LogP contribution >= 0.6 is 15.9 Å². The number of ether oxygens (including phenoxy) is 1. The Bertz CT molecular complexity index is 517. The minimum atomic E-state index is 0.661. The number of pyridine rings is 1. The number of benzene rings is 1. The van der Waals surface area contributed by atoms with Crippen molar-refractivity contribution in [3.05, 3.63) is 52.8 Å². The van der Waals surface area contributed by atoms with Crippen LogP contribution in [0.3, 0.4) is 0 Å². The standard InChI is InChI=1S/C14H15BrN2O/c1-2-18-13-8-4-3-7-12(13)16-10-11-6-5-9-14(15)17-11/h3-9,16H,2,10H2,1H3. The Balaban J connectivity index is 2.06. The molecule has 0 bridgehead atoms. The molecule has 0 unspecified atom stereocenters. The third-order valence-electron chi connectivity index (χ3n) is 2.42. The highest BCUT2D eigenvalue weighted by atomic mass is 79.9. The number of nitrogens with one attached hydrogen (secondary N) is 1. The van der Waals surface area contributed by atoms with E-state index < -0.39 is 0 Å². The van der Waals surface area contributed by atoms with E-state index in [9.17, 15) is 0 Å². The van der Waals surface area contributed by atoms with E-state index in [1.807, 2.05) is 49.4 Å². The zero-order valence-corrected chi connectivity index (χ0v) is 11.8. The van der Waals surface area contributed by atoms with Crippen molar-refractivity contribution in [1.82, 2.24) is 4.98 Å². The summed E-state index contributed by atoms with van der Waals surface area (Å²) in [6, 6.07) is 13.8. The number of hydrogen-bond donors (Lipinski definition) is 1. The van der Waals surface area contributed by atoms with Crippen molar-refractivity contribution in [1.29, 1.82) is 0 Å². The lowest BCUT2D eigenvalue weighted by molar-refractivity contribution is 0.341. The van der Waals surface area contributed by atoms with Crippen LogP contribution in [0, 0.1) is 0 Å². The van der Waals surface area contributed by atoms with Crippen LogP contribution in [0.5, 0.6) is 5.75 Å². The molecular formula is C14H15BrN2O. The van der Waals surface area contributed by atoms with Crippen LogP contribution in [0.2, 0.25) is 0 Å². The molecule has 1 heterocycles. The molecule has 0 aliphatic heterocycles. The largest absolute Gasteiger partial charge is 0.492 e. The van der Waals surface area contributed by atoms with Crippen LogP contribution in [-0.2, 0) is 6.54 Å². The summed E-state index contributed by atoms with van der Waals surface area (Å²) in [6.45, 7) is 3.31. The molecular weight excluding hydrogens is 292 g/mol. The minimum absolute atomic E-state index is 0.661. The van der Waals surface area contributed by atoms with Crippen molar-refractivity contribution in [2.45, 2.75) is 13.5 Å². The predicted molar refractivity (Wildman–Crippen MR) is 76.9 cm³/mol. The van der Waals surface area contributed by atoms with Crippen molar-refractivity contribution in [3.8, 4) is 5.75 Å². The lowest BCUT2D eigenvalue weighted by Crippen LogP contribution is -2.04. The van der Waals surface area contributed by atoms with Crippen LogP contribution in [0.25, 0.3) is 0 Å². The van der Waals surface area contributed by atoms with Crippen LogP contribution in [0.1, 0.15) is 12.6 Å². The second-order valence-corrected chi connectivity index (χ2v) is 4.55. The molecule has 0 aliphatic rings. The zero-order valence-electron chi connectivity index (χ0n) is 10.2. The first-order valence-corrected chi connectivity index (χ1v) is 6.66. The fourth-order valence-electron chi connectivity index (χ4n) is 1.63. The van der Waals surface area contributed by atoms with Crippen molar-refractivity contribution in [2.24, 2.45) is 0 Å². The molecule has 1 N–H and O–H groups in total. The number of aromatic nitrogens is 1. The molecule has 0 radical (unpaired) electrons. The van der Waals surface area contributed by atoms with Crippen LogP contribution in [0.15, 0.2) is 47.1 Å². The Hall–Kier alpha value is -1.55. The van der Waals surface area contributed by atoms with Crippen LogP contribution in [-0.4, -0.2) is 11.6 Å². The minimum Gasteiger partial charge on any atom is -0.492 e. The molecule has 4 heteroatoms. The van der Waals surface area contributed by atoms with E-state index in [2.05, 4.69) is 26.2 Å². The summed E-state index contributed by atoms with van der Waals surface area (Å²) in [5.74, 6) is 0.870. The van der Waals surface area contributed by atoms with Gasteiger partial charge in [-0.25, -0.2) is 4.98 Å². The molecule has 94 valence electrons. The fraction of sp³-hybridized carbons (Fsp3) is 0.214. The maximum atomic E-state index is 5.56. The molecule has 0 aliphatic carbocycles. The highest BCUT2D eigenvalue weighted by Crippen LogP contribution is 2.24. The van der Waals surface area contributed by atoms with E-state index in [1.165, 1.54) is 0 Å². The van der Waals surface area contributed by atoms with Gasteiger partial charge in [-0.3, -0.25) is 0 Å². The first-order valence-electron chi connectivity index (χ1n) is 5.86. The summed E-state index contributed by atoms with van der Waals surface area (Å²) in [5, 5.41) is 3.33. The van der Waals surface area contributed by atoms with E-state index in [1.54, 1.807) is 0 Å². The Labute approximate surface area is 115 Å². The molecule has 1 aromatic carbocycles. The van der Waals surface area contributed by atoms with Gasteiger partial charge in [0.15, 0.2) is 0 Å². The van der Waals surface area contributed by atoms with Crippen molar-refractivity contribution in [3.63, 3.8) is 0 Å². The smallest absolute Gasteiger partial charge is 0.142 e. The van der Waals surface area contributed by atoms with Gasteiger partial charge in [-0.15, -0.1) is 0 Å². The maximum Gasteiger partial charge on any atom is 0.142 e. The van der Waals surface area contributed by atoms with Crippen LogP contribution < -0.4 is 10.1 Å². The lowest BCUT2D eigenvalue weighted by atomic mass is 10.2. The average molecular weight is 307 g/mol. The molecule has 0 amide bonds. The van der Waals surface area contributed by atoms with Crippen molar-refractivity contribution < 1.29 is 4.74 Å². The van der Waals surface area contributed by atoms with Crippen molar-refractivity contribution in [2.75, 3.05) is 11.9 Å². The summed E-state index contributed by atoms with van der Waals surface area (Å²) < 4.78 is 6.40. The monoisotopic (exact) mass is 306 g/mol. The maximum absolute atomic E-state index is 5.56. The van der Waals surface area contributed by atoms with Gasteiger partial charge in [0, 0.05) is 0 Å². The highest BCUT2D eigenvalue weighted by molar-refractivity contribution is 9.10. The van der Waals surface area contributed by atoms with E-state index in [-0.39, 0.29) is 0 Å². The van der Waals surface area contributed by atoms with E-state index in [0.717, 1.165) is 21.7 Å². The number of rotatable bonds is 5. The fourth-order valence-corrected chi connectivity index (χ4v) is 2.01. The third-order valence-corrected chi connectivity index (χ3v) is 2.86. The number of nitrogens with zero attached hydrogens (tertiary/aromatic N) is 1. The quantitative estimate of drug-likeness (QED) is 0.852. The Morgan fingerprint density at radius 1 is 1.17 bits per heavy atom. The number of halogens is 1. The summed E-state index contributed by atoms with van der Waals surface area (Å²) in [4.78, 5) is 4.38. The van der Waals surface area contributed by atoms with Gasteiger partial charge in [-0.1, -0.05) is 18.2 Å². The summed E-state index contributed by atoms with van der Waals surface area (Å²) in [6.07, 6.45) is 0. The Morgan fingerprint density at radius 2 is 2.00 bits per heavy atom. The third kappa shape index (κ3) is 3.47. The summed E-state index contributed by atoms with van der Waals surface area (Å²) in [7, 11) is 0. The summed E-state index contributed by atoms with van der Waals surface area (Å²) >= 11 is 3.36. The second kappa shape index (κ2) is 6.40. The van der Waals surface area contributed by atoms with Gasteiger partial charge in [-0.2, -0.15) is 0 Å². The van der Waals surface area contributed by atoms with Gasteiger partial charge in [0.25, 0.3) is 0 Å². The van der Waals surface area contributed by atoms with Gasteiger partial charge in [0.05, 0.1) is 24.5 Å². The molecule has 0 saturated heterocycles. The summed E-state index contributed by atoms with van der Waals surface area (Å²) in [5.41, 5.74) is 1.97. The molecule has 2 aromatic rings. The molecule has 2 rings (SSSR count). The topological polar surface area (TPSA) is 34.1 Å². The highest BCUT2D eigenvalue weighted by Gasteiger charge is 2.02. The first kappa shape index (κ1) is 12.9. The van der Waals surface area contributed by atoms with Gasteiger partial charge in [-0.05, 0) is 47.1 Å². The van der Waals surface area contributed by atoms with Gasteiger partial charge in [0.1, 0.15) is 10.4 Å². The van der Waals surface area contributed by atoms with Gasteiger partial charge < -0.3 is 10.1 Å². The molecule has 0 atom stereocenters. The predicted octanol–water partition coefficient (Wildman–Crippen LogP) is 3.85. The van der Waals surface area contributed by atoms with Crippen molar-refractivity contribution >= 4 is 21.6 Å². The number of anilines is 1. The molecule has 0 saturated carbocycles. The molecule has 0 spiro atoms.